The van der Waals surface area contributed by atoms with Crippen LogP contribution in [0.15, 0.2) is 51.4 Å². The van der Waals surface area contributed by atoms with Crippen molar-refractivity contribution in [3.63, 3.8) is 0 Å². The van der Waals surface area contributed by atoms with Crippen molar-refractivity contribution >= 4 is 17.5 Å². The summed E-state index contributed by atoms with van der Waals surface area (Å²) in [6.07, 6.45) is 1.78. The Balaban J connectivity index is 1.60. The van der Waals surface area contributed by atoms with E-state index in [-0.39, 0.29) is 11.9 Å². The summed E-state index contributed by atoms with van der Waals surface area (Å²) in [5.74, 6) is 1.47. The van der Waals surface area contributed by atoms with Crippen molar-refractivity contribution in [1.29, 1.82) is 0 Å². The first kappa shape index (κ1) is 16.0. The maximum Gasteiger partial charge on any atom is 0.290 e. The van der Waals surface area contributed by atoms with E-state index in [1.807, 2.05) is 31.2 Å². The van der Waals surface area contributed by atoms with Crippen LogP contribution in [0.4, 0.5) is 0 Å². The first-order valence-electron chi connectivity index (χ1n) is 8.22. The molecule has 128 valence electrons. The van der Waals surface area contributed by atoms with E-state index in [0.717, 1.165) is 29.9 Å². The van der Waals surface area contributed by atoms with Gasteiger partial charge < -0.3 is 13.8 Å². The molecule has 6 heteroatoms. The van der Waals surface area contributed by atoms with Gasteiger partial charge in [-0.2, -0.15) is 0 Å². The summed E-state index contributed by atoms with van der Waals surface area (Å²) in [5.41, 5.74) is 1.58. The summed E-state index contributed by atoms with van der Waals surface area (Å²) in [6.45, 7) is 2.54. The van der Waals surface area contributed by atoms with Crippen LogP contribution in [0.1, 0.15) is 40.9 Å². The van der Waals surface area contributed by atoms with E-state index in [1.165, 1.54) is 0 Å². The van der Waals surface area contributed by atoms with Gasteiger partial charge in [-0.15, -0.1) is 0 Å². The Morgan fingerprint density at radius 1 is 1.28 bits per heavy atom. The molecule has 0 spiro atoms. The summed E-state index contributed by atoms with van der Waals surface area (Å²) in [4.78, 5) is 14.7. The first-order valence-corrected chi connectivity index (χ1v) is 8.60. The predicted molar refractivity (Wildman–Crippen MR) is 93.4 cm³/mol. The van der Waals surface area contributed by atoms with Crippen molar-refractivity contribution in [2.45, 2.75) is 25.8 Å². The quantitative estimate of drug-likeness (QED) is 0.671. The van der Waals surface area contributed by atoms with Gasteiger partial charge in [-0.05, 0) is 44.0 Å². The molecule has 25 heavy (non-hydrogen) atoms. The van der Waals surface area contributed by atoms with Gasteiger partial charge in [-0.1, -0.05) is 28.9 Å². The number of carbonyl (C=O) groups is 1. The maximum absolute atomic E-state index is 12.9. The molecule has 3 aromatic rings. The van der Waals surface area contributed by atoms with Gasteiger partial charge in [0.2, 0.25) is 0 Å². The normalized spacial score (nSPS) is 17.2. The molecule has 1 aliphatic heterocycles. The number of amides is 1. The minimum atomic E-state index is -0.144. The lowest BCUT2D eigenvalue weighted by Crippen LogP contribution is -2.30. The lowest BCUT2D eigenvalue weighted by atomic mass is 10.1. The van der Waals surface area contributed by atoms with Crippen molar-refractivity contribution in [2.24, 2.45) is 0 Å². The number of hydrogen-bond acceptors (Lipinski definition) is 4. The molecular weight excluding hydrogens is 340 g/mol. The number of aryl methyl sites for hydroxylation is 1. The van der Waals surface area contributed by atoms with Crippen LogP contribution in [-0.4, -0.2) is 22.5 Å². The highest BCUT2D eigenvalue weighted by Crippen LogP contribution is 2.35. The lowest BCUT2D eigenvalue weighted by molar-refractivity contribution is 0.0683. The molecule has 4 rings (SSSR count). The van der Waals surface area contributed by atoms with Gasteiger partial charge in [-0.25, -0.2) is 0 Å². The fourth-order valence-electron chi connectivity index (χ4n) is 3.25. The summed E-state index contributed by atoms with van der Waals surface area (Å²) in [7, 11) is 0. The van der Waals surface area contributed by atoms with Crippen molar-refractivity contribution in [3.05, 3.63) is 64.7 Å². The molecular formula is C19H17ClN2O3. The van der Waals surface area contributed by atoms with Crippen LogP contribution in [-0.2, 0) is 0 Å². The summed E-state index contributed by atoms with van der Waals surface area (Å²) in [6, 6.07) is 12.7. The minimum absolute atomic E-state index is 0.0948. The van der Waals surface area contributed by atoms with E-state index >= 15 is 0 Å². The molecule has 1 amide bonds. The van der Waals surface area contributed by atoms with Crippen LogP contribution in [0.5, 0.6) is 0 Å². The molecule has 1 atom stereocenters. The summed E-state index contributed by atoms with van der Waals surface area (Å²) < 4.78 is 11.2. The SMILES string of the molecule is Cc1cc([C@H]2CCCN2C(=O)c2ccc(-c3ccccc3Cl)o2)on1. The van der Waals surface area contributed by atoms with Crippen molar-refractivity contribution in [1.82, 2.24) is 10.1 Å². The second-order valence-electron chi connectivity index (χ2n) is 6.17. The number of likely N-dealkylation sites (tertiary alicyclic amines) is 1. The predicted octanol–water partition coefficient (Wildman–Crippen LogP) is 4.87. The monoisotopic (exact) mass is 356 g/mol. The van der Waals surface area contributed by atoms with Crippen LogP contribution in [0, 0.1) is 6.92 Å². The van der Waals surface area contributed by atoms with Crippen LogP contribution >= 0.6 is 11.6 Å². The Kier molecular flexibility index (Phi) is 4.09. The molecule has 1 saturated heterocycles. The van der Waals surface area contributed by atoms with Gasteiger partial charge in [0, 0.05) is 18.2 Å². The van der Waals surface area contributed by atoms with Gasteiger partial charge in [-0.3, -0.25) is 4.79 Å². The van der Waals surface area contributed by atoms with E-state index in [2.05, 4.69) is 5.16 Å². The standard InChI is InChI=1S/C19H17ClN2O3/c1-12-11-18(25-21-12)15-7-4-10-22(15)19(23)17-9-8-16(24-17)13-5-2-3-6-14(13)20/h2-3,5-6,8-9,11,15H,4,7,10H2,1H3/t15-/m1/s1. The van der Waals surface area contributed by atoms with Crippen LogP contribution in [0.2, 0.25) is 5.02 Å². The van der Waals surface area contributed by atoms with E-state index in [9.17, 15) is 4.79 Å². The van der Waals surface area contributed by atoms with Gasteiger partial charge in [0.05, 0.1) is 16.8 Å². The average Bonchev–Trinajstić information content (AvgIpc) is 3.34. The van der Waals surface area contributed by atoms with Gasteiger partial charge >= 0.3 is 0 Å². The molecule has 3 heterocycles. The number of halogens is 1. The molecule has 0 unspecified atom stereocenters. The smallest absolute Gasteiger partial charge is 0.290 e. The van der Waals surface area contributed by atoms with E-state index in [1.54, 1.807) is 23.1 Å². The molecule has 0 N–H and O–H groups in total. The van der Waals surface area contributed by atoms with Crippen LogP contribution in [0.3, 0.4) is 0 Å². The molecule has 1 aromatic carbocycles. The number of furan rings is 1. The van der Waals surface area contributed by atoms with Gasteiger partial charge in [0.1, 0.15) is 5.76 Å². The first-order chi connectivity index (χ1) is 12.1. The number of rotatable bonds is 3. The topological polar surface area (TPSA) is 59.5 Å². The number of benzene rings is 1. The minimum Gasteiger partial charge on any atom is -0.451 e. The molecule has 0 bridgehead atoms. The zero-order valence-electron chi connectivity index (χ0n) is 13.7. The molecule has 1 fully saturated rings. The number of nitrogens with zero attached hydrogens (tertiary/aromatic N) is 2. The van der Waals surface area contributed by atoms with Gasteiger partial charge in [0.25, 0.3) is 5.91 Å². The second-order valence-corrected chi connectivity index (χ2v) is 6.58. The van der Waals surface area contributed by atoms with E-state index < -0.39 is 0 Å². The molecule has 2 aromatic heterocycles. The maximum atomic E-state index is 12.9. The summed E-state index contributed by atoms with van der Waals surface area (Å²) in [5, 5.41) is 4.52. The molecule has 1 aliphatic rings. The third-order valence-electron chi connectivity index (χ3n) is 4.44. The average molecular weight is 357 g/mol. The Hall–Kier alpha value is -2.53. The Morgan fingerprint density at radius 3 is 2.88 bits per heavy atom. The second kappa shape index (κ2) is 6.41. The number of carbonyl (C=O) groups excluding carboxylic acids is 1. The highest BCUT2D eigenvalue weighted by atomic mass is 35.5. The summed E-state index contributed by atoms with van der Waals surface area (Å²) >= 11 is 6.21. The molecule has 0 radical (unpaired) electrons. The van der Waals surface area contributed by atoms with Crippen LogP contribution in [0.25, 0.3) is 11.3 Å². The fraction of sp³-hybridized carbons (Fsp3) is 0.263. The Labute approximate surface area is 150 Å². The van der Waals surface area contributed by atoms with Crippen LogP contribution < -0.4 is 0 Å². The lowest BCUT2D eigenvalue weighted by Gasteiger charge is -2.21. The van der Waals surface area contributed by atoms with Crippen molar-refractivity contribution < 1.29 is 13.7 Å². The van der Waals surface area contributed by atoms with E-state index in [0.29, 0.717) is 23.1 Å². The highest BCUT2D eigenvalue weighted by molar-refractivity contribution is 6.33. The Bertz CT molecular complexity index is 915. The van der Waals surface area contributed by atoms with Crippen molar-refractivity contribution in [3.8, 4) is 11.3 Å². The zero-order chi connectivity index (χ0) is 17.4. The molecule has 0 aliphatic carbocycles. The third kappa shape index (κ3) is 2.96. The molecule has 0 saturated carbocycles. The fourth-order valence-corrected chi connectivity index (χ4v) is 3.47. The molecule has 5 nitrogen and oxygen atoms in total. The number of hydrogen-bond donors (Lipinski definition) is 0. The van der Waals surface area contributed by atoms with E-state index in [4.69, 9.17) is 20.5 Å². The number of aromatic nitrogens is 1. The largest absolute Gasteiger partial charge is 0.451 e. The highest BCUT2D eigenvalue weighted by Gasteiger charge is 2.34. The van der Waals surface area contributed by atoms with Gasteiger partial charge in [0.15, 0.2) is 11.5 Å². The zero-order valence-corrected chi connectivity index (χ0v) is 14.5. The Morgan fingerprint density at radius 2 is 2.12 bits per heavy atom. The van der Waals surface area contributed by atoms with Crippen molar-refractivity contribution in [2.75, 3.05) is 6.54 Å². The third-order valence-corrected chi connectivity index (χ3v) is 4.77.